The average molecular weight is 502 g/mol. The quantitative estimate of drug-likeness (QED) is 0.562. The molecule has 2 aliphatic rings. The molecule has 9 nitrogen and oxygen atoms in total. The minimum Gasteiger partial charge on any atom is -0.496 e. The number of amides is 3. The Labute approximate surface area is 209 Å². The van der Waals surface area contributed by atoms with Crippen molar-refractivity contribution in [2.75, 3.05) is 32.2 Å². The molecule has 2 saturated heterocycles. The van der Waals surface area contributed by atoms with Crippen LogP contribution >= 0.6 is 0 Å². The molecule has 0 radical (unpaired) electrons. The monoisotopic (exact) mass is 501 g/mol. The van der Waals surface area contributed by atoms with Gasteiger partial charge in [0, 0.05) is 17.8 Å². The SMILES string of the molecule is COc1ccccc1CNC(=O)C[C@@H]1CC[C@@H]2[C@H](COC[C@H](O)CN2C(=O)Nc2ccc(F)cc2)O1. The number of ether oxygens (including phenoxy) is 3. The summed E-state index contributed by atoms with van der Waals surface area (Å²) >= 11 is 0. The molecule has 194 valence electrons. The molecule has 0 aliphatic carbocycles. The normalized spacial score (nSPS) is 24.1. The van der Waals surface area contributed by atoms with Crippen molar-refractivity contribution in [2.24, 2.45) is 0 Å². The predicted molar refractivity (Wildman–Crippen MR) is 130 cm³/mol. The maximum atomic E-state index is 13.2. The van der Waals surface area contributed by atoms with Crippen molar-refractivity contribution in [3.63, 3.8) is 0 Å². The standard InChI is InChI=1S/C26H32FN3O6/c1-34-23-5-3-2-4-17(23)13-28-25(32)12-21-10-11-22-24(36-21)16-35-15-20(31)14-30(22)26(33)29-19-8-6-18(27)7-9-19/h2-9,20-22,24,31H,10-16H2,1H3,(H,28,32)(H,29,33)/t20-,21+,22-,24+/m1/s1. The second-order valence-electron chi connectivity index (χ2n) is 9.01. The van der Waals surface area contributed by atoms with Crippen LogP contribution in [0, 0.1) is 5.82 Å². The van der Waals surface area contributed by atoms with E-state index >= 15 is 0 Å². The number of para-hydroxylation sites is 1. The molecule has 2 fully saturated rings. The second kappa shape index (κ2) is 12.2. The summed E-state index contributed by atoms with van der Waals surface area (Å²) in [5, 5.41) is 16.0. The number of fused-ring (bicyclic) bond motifs is 1. The van der Waals surface area contributed by atoms with E-state index in [9.17, 15) is 19.1 Å². The summed E-state index contributed by atoms with van der Waals surface area (Å²) in [6, 6.07) is 12.2. The van der Waals surface area contributed by atoms with Gasteiger partial charge in [0.05, 0.1) is 51.5 Å². The third kappa shape index (κ3) is 6.71. The van der Waals surface area contributed by atoms with Gasteiger partial charge in [-0.2, -0.15) is 0 Å². The van der Waals surface area contributed by atoms with Crippen LogP contribution in [-0.2, 0) is 20.8 Å². The lowest BCUT2D eigenvalue weighted by Gasteiger charge is -2.44. The zero-order valence-corrected chi connectivity index (χ0v) is 20.2. The minimum absolute atomic E-state index is 0.0664. The molecule has 2 aromatic rings. The van der Waals surface area contributed by atoms with E-state index in [2.05, 4.69) is 10.6 Å². The van der Waals surface area contributed by atoms with Gasteiger partial charge in [0.2, 0.25) is 5.91 Å². The van der Waals surface area contributed by atoms with E-state index in [1.54, 1.807) is 12.0 Å². The number of carbonyl (C=O) groups is 2. The Kier molecular flexibility index (Phi) is 8.74. The molecule has 0 bridgehead atoms. The Morgan fingerprint density at radius 2 is 1.92 bits per heavy atom. The molecule has 10 heteroatoms. The molecule has 3 amide bonds. The molecule has 4 rings (SSSR count). The average Bonchev–Trinajstić information content (AvgIpc) is 2.87. The van der Waals surface area contributed by atoms with Crippen molar-refractivity contribution in [1.82, 2.24) is 10.2 Å². The number of methoxy groups -OCH3 is 1. The molecule has 4 atom stereocenters. The number of carbonyl (C=O) groups excluding carboxylic acids is 2. The molecule has 0 spiro atoms. The van der Waals surface area contributed by atoms with Crippen LogP contribution in [0.1, 0.15) is 24.8 Å². The number of β-amino-alcohol motifs (C(OH)–C–C–N with tert-alkyl or cyclic N) is 1. The molecule has 2 aliphatic heterocycles. The first-order chi connectivity index (χ1) is 17.4. The highest BCUT2D eigenvalue weighted by molar-refractivity contribution is 5.89. The van der Waals surface area contributed by atoms with Gasteiger partial charge in [0.1, 0.15) is 17.7 Å². The first-order valence-corrected chi connectivity index (χ1v) is 12.1. The van der Waals surface area contributed by atoms with Gasteiger partial charge in [0.15, 0.2) is 0 Å². The largest absolute Gasteiger partial charge is 0.496 e. The van der Waals surface area contributed by atoms with Crippen LogP contribution in [0.4, 0.5) is 14.9 Å². The van der Waals surface area contributed by atoms with Crippen LogP contribution in [0.2, 0.25) is 0 Å². The summed E-state index contributed by atoms with van der Waals surface area (Å²) in [7, 11) is 1.59. The highest BCUT2D eigenvalue weighted by Crippen LogP contribution is 2.28. The Morgan fingerprint density at radius 3 is 2.69 bits per heavy atom. The second-order valence-corrected chi connectivity index (χ2v) is 9.01. The van der Waals surface area contributed by atoms with Crippen LogP contribution in [0.15, 0.2) is 48.5 Å². The number of aliphatic hydroxyl groups excluding tert-OH is 1. The Balaban J connectivity index is 1.35. The number of halogens is 1. The Morgan fingerprint density at radius 1 is 1.14 bits per heavy atom. The van der Waals surface area contributed by atoms with Crippen LogP contribution in [0.5, 0.6) is 5.75 Å². The number of hydrogen-bond donors (Lipinski definition) is 3. The fourth-order valence-electron chi connectivity index (χ4n) is 4.62. The molecule has 0 saturated carbocycles. The van der Waals surface area contributed by atoms with E-state index in [-0.39, 0.29) is 44.2 Å². The smallest absolute Gasteiger partial charge is 0.322 e. The highest BCUT2D eigenvalue weighted by Gasteiger charge is 2.40. The molecule has 0 unspecified atom stereocenters. The minimum atomic E-state index is -0.844. The van der Waals surface area contributed by atoms with Crippen molar-refractivity contribution in [2.45, 2.75) is 50.2 Å². The lowest BCUT2D eigenvalue weighted by molar-refractivity contribution is -0.149. The third-order valence-electron chi connectivity index (χ3n) is 6.42. The molecule has 0 aromatic heterocycles. The summed E-state index contributed by atoms with van der Waals surface area (Å²) in [6.07, 6.45) is -0.274. The first kappa shape index (κ1) is 25.9. The van der Waals surface area contributed by atoms with E-state index in [0.29, 0.717) is 30.8 Å². The maximum absolute atomic E-state index is 13.2. The summed E-state index contributed by atoms with van der Waals surface area (Å²) < 4.78 is 30.4. The summed E-state index contributed by atoms with van der Waals surface area (Å²) in [5.41, 5.74) is 1.33. The van der Waals surface area contributed by atoms with E-state index in [1.165, 1.54) is 24.3 Å². The third-order valence-corrected chi connectivity index (χ3v) is 6.42. The maximum Gasteiger partial charge on any atom is 0.322 e. The lowest BCUT2D eigenvalue weighted by Crippen LogP contribution is -2.58. The number of anilines is 1. The molecular weight excluding hydrogens is 469 g/mol. The number of benzene rings is 2. The van der Waals surface area contributed by atoms with Crippen LogP contribution in [-0.4, -0.2) is 73.2 Å². The van der Waals surface area contributed by atoms with Gasteiger partial charge in [-0.25, -0.2) is 9.18 Å². The summed E-state index contributed by atoms with van der Waals surface area (Å²) in [4.78, 5) is 27.3. The van der Waals surface area contributed by atoms with Crippen molar-refractivity contribution in [3.8, 4) is 5.75 Å². The molecule has 3 N–H and O–H groups in total. The number of hydrogen-bond acceptors (Lipinski definition) is 6. The zero-order valence-electron chi connectivity index (χ0n) is 20.2. The van der Waals surface area contributed by atoms with Crippen LogP contribution in [0.25, 0.3) is 0 Å². The van der Waals surface area contributed by atoms with Crippen molar-refractivity contribution in [3.05, 3.63) is 59.9 Å². The number of aliphatic hydroxyl groups is 1. The Hall–Kier alpha value is -3.21. The number of rotatable bonds is 6. The molecule has 36 heavy (non-hydrogen) atoms. The first-order valence-electron chi connectivity index (χ1n) is 12.1. The van der Waals surface area contributed by atoms with Gasteiger partial charge < -0.3 is 34.9 Å². The zero-order chi connectivity index (χ0) is 25.5. The molecular formula is C26H32FN3O6. The molecule has 2 aromatic carbocycles. The number of urea groups is 1. The van der Waals surface area contributed by atoms with E-state index in [1.807, 2.05) is 24.3 Å². The molecule has 2 heterocycles. The fourth-order valence-corrected chi connectivity index (χ4v) is 4.62. The lowest BCUT2D eigenvalue weighted by atomic mass is 9.95. The fraction of sp³-hybridized carbons (Fsp3) is 0.462. The summed E-state index contributed by atoms with van der Waals surface area (Å²) in [6.45, 7) is 0.680. The summed E-state index contributed by atoms with van der Waals surface area (Å²) in [5.74, 6) is 0.172. The van der Waals surface area contributed by atoms with Gasteiger partial charge in [-0.1, -0.05) is 18.2 Å². The van der Waals surface area contributed by atoms with Gasteiger partial charge in [-0.3, -0.25) is 4.79 Å². The highest BCUT2D eigenvalue weighted by atomic mass is 19.1. The number of nitrogens with zero attached hydrogens (tertiary/aromatic N) is 1. The Bertz CT molecular complexity index is 1040. The topological polar surface area (TPSA) is 109 Å². The number of nitrogens with one attached hydrogen (secondary N) is 2. The van der Waals surface area contributed by atoms with Gasteiger partial charge in [-0.05, 0) is 43.2 Å². The van der Waals surface area contributed by atoms with Crippen LogP contribution in [0.3, 0.4) is 0 Å². The van der Waals surface area contributed by atoms with Crippen molar-refractivity contribution in [1.29, 1.82) is 0 Å². The van der Waals surface area contributed by atoms with E-state index < -0.39 is 24.1 Å². The predicted octanol–water partition coefficient (Wildman–Crippen LogP) is 2.68. The van der Waals surface area contributed by atoms with Gasteiger partial charge in [0.25, 0.3) is 0 Å². The van der Waals surface area contributed by atoms with Gasteiger partial charge in [-0.15, -0.1) is 0 Å². The van der Waals surface area contributed by atoms with E-state index in [0.717, 1.165) is 5.56 Å². The van der Waals surface area contributed by atoms with E-state index in [4.69, 9.17) is 14.2 Å². The van der Waals surface area contributed by atoms with Crippen molar-refractivity contribution < 1.29 is 33.3 Å². The van der Waals surface area contributed by atoms with Crippen LogP contribution < -0.4 is 15.4 Å². The van der Waals surface area contributed by atoms with Crippen molar-refractivity contribution >= 4 is 17.6 Å². The van der Waals surface area contributed by atoms with Gasteiger partial charge >= 0.3 is 6.03 Å².